The topological polar surface area (TPSA) is 115 Å². The van der Waals surface area contributed by atoms with Crippen LogP contribution in [0, 0.1) is 0 Å². The van der Waals surface area contributed by atoms with Crippen LogP contribution in [0.5, 0.6) is 5.75 Å². The fraction of sp³-hybridized carbons (Fsp3) is 0.353. The number of carbonyl (C=O) groups excluding carboxylic acids is 3. The molecule has 9 nitrogen and oxygen atoms in total. The average Bonchev–Trinajstić information content (AvgIpc) is 3.35. The van der Waals surface area contributed by atoms with Crippen molar-refractivity contribution in [3.63, 3.8) is 0 Å². The van der Waals surface area contributed by atoms with Crippen LogP contribution in [-0.4, -0.2) is 58.0 Å². The van der Waals surface area contributed by atoms with Gasteiger partial charge in [0.1, 0.15) is 11.4 Å². The molecule has 0 saturated heterocycles. The highest BCUT2D eigenvalue weighted by atomic mass is 16.6. The molecule has 0 radical (unpaired) electrons. The van der Waals surface area contributed by atoms with Gasteiger partial charge in [-0.25, -0.2) is 4.99 Å². The quantitative estimate of drug-likeness (QED) is 0.214. The van der Waals surface area contributed by atoms with Crippen LogP contribution in [0.1, 0.15) is 73.2 Å². The maximum atomic E-state index is 14.6. The number of fused-ring (bicyclic) bond motifs is 3. The largest absolute Gasteiger partial charge is 0.494 e. The minimum Gasteiger partial charge on any atom is -0.494 e. The lowest BCUT2D eigenvalue weighted by molar-refractivity contribution is -0.155. The smallest absolute Gasteiger partial charge is 0.306 e. The van der Waals surface area contributed by atoms with E-state index in [1.54, 1.807) is 75.4 Å². The molecular formula is C34H36N2O7. The summed E-state index contributed by atoms with van der Waals surface area (Å²) >= 11 is 0. The third-order valence-electron chi connectivity index (χ3n) is 7.31. The molecule has 9 heteroatoms. The van der Waals surface area contributed by atoms with E-state index in [4.69, 9.17) is 24.3 Å². The van der Waals surface area contributed by atoms with E-state index < -0.39 is 35.0 Å². The van der Waals surface area contributed by atoms with E-state index in [0.29, 0.717) is 29.9 Å². The number of aliphatic hydroxyl groups excluding tert-OH is 1. The van der Waals surface area contributed by atoms with Crippen LogP contribution < -0.4 is 4.74 Å². The molecular weight excluding hydrogens is 548 g/mol. The Morgan fingerprint density at radius 3 is 2.42 bits per heavy atom. The number of esters is 1. The number of rotatable bonds is 9. The fourth-order valence-electron chi connectivity index (χ4n) is 5.33. The summed E-state index contributed by atoms with van der Waals surface area (Å²) < 4.78 is 17.7. The maximum Gasteiger partial charge on any atom is 0.306 e. The molecule has 0 unspecified atom stereocenters. The van der Waals surface area contributed by atoms with E-state index in [2.05, 4.69) is 0 Å². The number of aliphatic imine (C=N–C) groups is 1. The van der Waals surface area contributed by atoms with Gasteiger partial charge in [0.25, 0.3) is 11.8 Å². The van der Waals surface area contributed by atoms with Gasteiger partial charge < -0.3 is 19.3 Å². The lowest BCUT2D eigenvalue weighted by atomic mass is 9.83. The molecule has 2 aliphatic rings. The Morgan fingerprint density at radius 2 is 1.72 bits per heavy atom. The molecule has 3 aromatic rings. The minimum absolute atomic E-state index is 0.0236. The molecule has 5 rings (SSSR count). The van der Waals surface area contributed by atoms with Gasteiger partial charge in [-0.1, -0.05) is 42.5 Å². The molecule has 3 aromatic carbocycles. The molecule has 0 spiro atoms. The molecule has 2 heterocycles. The third-order valence-corrected chi connectivity index (χ3v) is 7.31. The van der Waals surface area contributed by atoms with E-state index in [-0.39, 0.29) is 31.9 Å². The van der Waals surface area contributed by atoms with Crippen molar-refractivity contribution in [2.45, 2.75) is 63.8 Å². The molecule has 0 saturated carbocycles. The Kier molecular flexibility index (Phi) is 8.64. The van der Waals surface area contributed by atoms with Gasteiger partial charge in [-0.05, 0) is 69.2 Å². The van der Waals surface area contributed by atoms with E-state index in [1.807, 2.05) is 24.3 Å². The van der Waals surface area contributed by atoms with E-state index in [1.165, 1.54) is 4.90 Å². The zero-order valence-electron chi connectivity index (χ0n) is 24.6. The van der Waals surface area contributed by atoms with Crippen molar-refractivity contribution in [3.8, 4) is 5.75 Å². The Morgan fingerprint density at radius 1 is 1.02 bits per heavy atom. The minimum atomic E-state index is -1.60. The lowest BCUT2D eigenvalue weighted by Gasteiger charge is -2.31. The fourth-order valence-corrected chi connectivity index (χ4v) is 5.33. The highest BCUT2D eigenvalue weighted by Gasteiger charge is 2.57. The molecule has 1 N–H and O–H groups in total. The second-order valence-electron chi connectivity index (χ2n) is 11.6. The van der Waals surface area contributed by atoms with Crippen LogP contribution in [0.3, 0.4) is 0 Å². The third kappa shape index (κ3) is 6.46. The average molecular weight is 585 g/mol. The van der Waals surface area contributed by atoms with Crippen LogP contribution in [0.25, 0.3) is 0 Å². The maximum absolute atomic E-state index is 14.6. The highest BCUT2D eigenvalue weighted by molar-refractivity contribution is 6.10. The summed E-state index contributed by atoms with van der Waals surface area (Å²) in [5.41, 5.74) is 0.170. The van der Waals surface area contributed by atoms with Crippen LogP contribution in [0.2, 0.25) is 0 Å². The first-order valence-corrected chi connectivity index (χ1v) is 14.4. The lowest BCUT2D eigenvalue weighted by Crippen LogP contribution is -2.50. The van der Waals surface area contributed by atoms with Gasteiger partial charge in [0.15, 0.2) is 11.6 Å². The van der Waals surface area contributed by atoms with Gasteiger partial charge in [0.2, 0.25) is 5.90 Å². The molecule has 0 aromatic heterocycles. The first-order valence-electron chi connectivity index (χ1n) is 14.4. The second-order valence-corrected chi connectivity index (χ2v) is 11.6. The van der Waals surface area contributed by atoms with Crippen LogP contribution in [-0.2, 0) is 25.6 Å². The van der Waals surface area contributed by atoms with Crippen molar-refractivity contribution >= 4 is 23.7 Å². The summed E-state index contributed by atoms with van der Waals surface area (Å²) in [7, 11) is 0. The predicted octanol–water partition coefficient (Wildman–Crippen LogP) is 5.01. The van der Waals surface area contributed by atoms with Crippen LogP contribution in [0.4, 0.5) is 0 Å². The van der Waals surface area contributed by atoms with Crippen molar-refractivity contribution in [3.05, 3.63) is 101 Å². The van der Waals surface area contributed by atoms with Crippen molar-refractivity contribution in [1.82, 2.24) is 4.90 Å². The summed E-state index contributed by atoms with van der Waals surface area (Å²) in [6, 6.07) is 23.2. The monoisotopic (exact) mass is 584 g/mol. The Hall–Kier alpha value is -4.50. The number of ether oxygens (including phenoxy) is 3. The molecule has 43 heavy (non-hydrogen) atoms. The summed E-state index contributed by atoms with van der Waals surface area (Å²) in [6.45, 7) is 5.80. The standard InChI is InChI=1S/C34H36N2O7/c1-33(2,3)43-28(38)18-19-34-29(42-30(35-34)23-14-16-26(17-15-23)41-21-9-20-37)27-13-8-7-12-25(27)22-36(32(34)40)31(39)24-10-5-4-6-11-24/h4-8,10-17,29,37H,9,18-22H2,1-3H3/t29-,34-/m1/s1. The zero-order valence-corrected chi connectivity index (χ0v) is 24.6. The van der Waals surface area contributed by atoms with Crippen molar-refractivity contribution in [1.29, 1.82) is 0 Å². The van der Waals surface area contributed by atoms with Gasteiger partial charge in [-0.15, -0.1) is 0 Å². The molecule has 2 atom stereocenters. The summed E-state index contributed by atoms with van der Waals surface area (Å²) in [5.74, 6) is -0.616. The van der Waals surface area contributed by atoms with Gasteiger partial charge in [-0.3, -0.25) is 19.3 Å². The van der Waals surface area contributed by atoms with Crippen molar-refractivity contribution in [2.75, 3.05) is 13.2 Å². The number of carbonyl (C=O) groups is 3. The predicted molar refractivity (Wildman–Crippen MR) is 160 cm³/mol. The number of hydrogen-bond donors (Lipinski definition) is 1. The molecule has 0 bridgehead atoms. The molecule has 2 aliphatic heterocycles. The Bertz CT molecular complexity index is 1510. The number of benzene rings is 3. The molecule has 224 valence electrons. The van der Waals surface area contributed by atoms with Gasteiger partial charge >= 0.3 is 5.97 Å². The highest BCUT2D eigenvalue weighted by Crippen LogP contribution is 2.47. The van der Waals surface area contributed by atoms with Gasteiger partial charge in [0, 0.05) is 36.1 Å². The number of nitrogens with zero attached hydrogens (tertiary/aromatic N) is 2. The second kappa shape index (κ2) is 12.4. The van der Waals surface area contributed by atoms with Gasteiger partial charge in [0.05, 0.1) is 13.2 Å². The van der Waals surface area contributed by atoms with Crippen molar-refractivity contribution < 1.29 is 33.7 Å². The van der Waals surface area contributed by atoms with E-state index in [9.17, 15) is 14.4 Å². The van der Waals surface area contributed by atoms with E-state index >= 15 is 0 Å². The Balaban J connectivity index is 1.58. The summed E-state index contributed by atoms with van der Waals surface area (Å²) in [6.07, 6.45) is -0.487. The van der Waals surface area contributed by atoms with E-state index in [0.717, 1.165) is 11.1 Å². The first-order chi connectivity index (χ1) is 20.6. The molecule has 2 amide bonds. The van der Waals surface area contributed by atoms with Gasteiger partial charge in [-0.2, -0.15) is 0 Å². The first kappa shape index (κ1) is 30.0. The molecule has 0 aliphatic carbocycles. The number of amides is 2. The Labute approximate surface area is 251 Å². The van der Waals surface area contributed by atoms with Crippen LogP contribution in [0.15, 0.2) is 83.9 Å². The SMILES string of the molecule is CC(C)(C)OC(=O)CC[C@@]12N=C(c3ccc(OCCCO)cc3)O[C@@H]1c1ccccc1CN(C(=O)c1ccccc1)C2=O. The molecule has 0 fully saturated rings. The summed E-state index contributed by atoms with van der Waals surface area (Å²) in [5, 5.41) is 9.03. The normalized spacial score (nSPS) is 19.4. The van der Waals surface area contributed by atoms with Crippen LogP contribution >= 0.6 is 0 Å². The number of hydrogen-bond acceptors (Lipinski definition) is 8. The number of imide groups is 1. The van der Waals surface area contributed by atoms with Crippen molar-refractivity contribution in [2.24, 2.45) is 4.99 Å². The number of aliphatic hydroxyl groups is 1. The zero-order chi connectivity index (χ0) is 30.6. The summed E-state index contributed by atoms with van der Waals surface area (Å²) in [4.78, 5) is 47.5.